The minimum atomic E-state index is -0.300. The number of nitrogens with zero attached hydrogens (tertiary/aromatic N) is 1. The first-order chi connectivity index (χ1) is 9.62. The summed E-state index contributed by atoms with van der Waals surface area (Å²) in [7, 11) is 0. The van der Waals surface area contributed by atoms with Crippen LogP contribution in [0.4, 0.5) is 4.39 Å². The fraction of sp³-hybridized carbons (Fsp3) is 0.529. The highest BCUT2D eigenvalue weighted by molar-refractivity contribution is 5.38. The van der Waals surface area contributed by atoms with Crippen molar-refractivity contribution in [3.63, 3.8) is 0 Å². The molecule has 1 rings (SSSR count). The molecule has 1 aromatic rings. The normalized spacial score (nSPS) is 12.1. The molecule has 0 fully saturated rings. The van der Waals surface area contributed by atoms with Gasteiger partial charge in [-0.25, -0.2) is 4.39 Å². The minimum Gasteiger partial charge on any atom is -0.395 e. The first-order valence-electron chi connectivity index (χ1n) is 7.24. The maximum atomic E-state index is 13.7. The molecule has 0 aliphatic carbocycles. The lowest BCUT2D eigenvalue weighted by Gasteiger charge is -2.27. The van der Waals surface area contributed by atoms with Gasteiger partial charge in [-0.2, -0.15) is 0 Å². The third kappa shape index (κ3) is 4.96. The van der Waals surface area contributed by atoms with Crippen molar-refractivity contribution in [3.8, 4) is 11.8 Å². The summed E-state index contributed by atoms with van der Waals surface area (Å²) in [6.45, 7) is 8.29. The molecule has 0 spiro atoms. The van der Waals surface area contributed by atoms with Gasteiger partial charge in [0.05, 0.1) is 12.2 Å². The van der Waals surface area contributed by atoms with E-state index in [-0.39, 0.29) is 12.4 Å². The predicted octanol–water partition coefficient (Wildman–Crippen LogP) is 3.18. The van der Waals surface area contributed by atoms with Crippen LogP contribution in [0, 0.1) is 17.7 Å². The Morgan fingerprint density at radius 3 is 2.70 bits per heavy atom. The van der Waals surface area contributed by atoms with E-state index in [1.165, 1.54) is 6.07 Å². The summed E-state index contributed by atoms with van der Waals surface area (Å²) in [6.07, 6.45) is 1.47. The van der Waals surface area contributed by atoms with Crippen molar-refractivity contribution in [2.24, 2.45) is 0 Å². The van der Waals surface area contributed by atoms with Crippen LogP contribution in [-0.2, 0) is 6.54 Å². The number of hydrogen-bond acceptors (Lipinski definition) is 2. The molecular formula is C17H24FNO. The summed E-state index contributed by atoms with van der Waals surface area (Å²) in [5.41, 5.74) is 1.48. The number of hydrogen-bond donors (Lipinski definition) is 1. The van der Waals surface area contributed by atoms with Crippen LogP contribution >= 0.6 is 0 Å². The highest BCUT2D eigenvalue weighted by Gasteiger charge is 2.11. The molecule has 0 aliphatic heterocycles. The smallest absolute Gasteiger partial charge is 0.138 e. The Balaban J connectivity index is 2.87. The van der Waals surface area contributed by atoms with Gasteiger partial charge in [0.1, 0.15) is 5.82 Å². The third-order valence-corrected chi connectivity index (χ3v) is 3.50. The summed E-state index contributed by atoms with van der Waals surface area (Å²) < 4.78 is 13.7. The topological polar surface area (TPSA) is 23.5 Å². The Hall–Kier alpha value is -1.37. The van der Waals surface area contributed by atoms with E-state index in [1.54, 1.807) is 0 Å². The number of benzene rings is 1. The fourth-order valence-electron chi connectivity index (χ4n) is 2.05. The summed E-state index contributed by atoms with van der Waals surface area (Å²) in [5, 5.41) is 8.70. The van der Waals surface area contributed by atoms with Crippen LogP contribution in [0.5, 0.6) is 0 Å². The molecule has 2 nitrogen and oxygen atoms in total. The maximum Gasteiger partial charge on any atom is 0.138 e. The van der Waals surface area contributed by atoms with Gasteiger partial charge in [-0.1, -0.05) is 31.8 Å². The van der Waals surface area contributed by atoms with Gasteiger partial charge in [0.2, 0.25) is 0 Å². The first-order valence-corrected chi connectivity index (χ1v) is 7.24. The van der Waals surface area contributed by atoms with E-state index in [9.17, 15) is 4.39 Å². The van der Waals surface area contributed by atoms with Crippen molar-refractivity contribution in [2.75, 3.05) is 13.2 Å². The summed E-state index contributed by atoms with van der Waals surface area (Å²) in [5.74, 6) is 5.25. The standard InChI is InChI=1S/C17H24FNO/c1-4-14(3)19(5-2)13-15-9-10-17(18)16(12-15)8-6-7-11-20/h9-10,12,14,20H,4-5,7,11,13H2,1-3H3. The zero-order valence-corrected chi connectivity index (χ0v) is 12.6. The number of rotatable bonds is 6. The Labute approximate surface area is 121 Å². The Morgan fingerprint density at radius 1 is 1.35 bits per heavy atom. The van der Waals surface area contributed by atoms with Crippen molar-refractivity contribution >= 4 is 0 Å². The van der Waals surface area contributed by atoms with Crippen LogP contribution in [0.2, 0.25) is 0 Å². The lowest BCUT2D eigenvalue weighted by Crippen LogP contribution is -2.31. The van der Waals surface area contributed by atoms with Crippen LogP contribution in [0.15, 0.2) is 18.2 Å². The predicted molar refractivity (Wildman–Crippen MR) is 80.8 cm³/mol. The quantitative estimate of drug-likeness (QED) is 0.807. The van der Waals surface area contributed by atoms with E-state index in [2.05, 4.69) is 37.5 Å². The average molecular weight is 277 g/mol. The second-order valence-corrected chi connectivity index (χ2v) is 4.91. The molecule has 3 heteroatoms. The van der Waals surface area contributed by atoms with Crippen LogP contribution in [-0.4, -0.2) is 29.2 Å². The van der Waals surface area contributed by atoms with Gasteiger partial charge in [-0.05, 0) is 37.6 Å². The summed E-state index contributed by atoms with van der Waals surface area (Å²) >= 11 is 0. The van der Waals surface area contributed by atoms with Crippen molar-refractivity contribution in [1.82, 2.24) is 4.90 Å². The Morgan fingerprint density at radius 2 is 2.10 bits per heavy atom. The molecule has 0 saturated heterocycles. The Kier molecular flexibility index (Phi) is 7.28. The first kappa shape index (κ1) is 16.7. The largest absolute Gasteiger partial charge is 0.395 e. The second-order valence-electron chi connectivity index (χ2n) is 4.91. The fourth-order valence-corrected chi connectivity index (χ4v) is 2.05. The number of halogens is 1. The lowest BCUT2D eigenvalue weighted by atomic mass is 10.1. The molecule has 1 atom stereocenters. The van der Waals surface area contributed by atoms with E-state index >= 15 is 0 Å². The molecule has 0 saturated carbocycles. The van der Waals surface area contributed by atoms with Gasteiger partial charge in [0.25, 0.3) is 0 Å². The zero-order valence-electron chi connectivity index (χ0n) is 12.6. The van der Waals surface area contributed by atoms with Gasteiger partial charge in [-0.3, -0.25) is 4.90 Å². The highest BCUT2D eigenvalue weighted by atomic mass is 19.1. The monoisotopic (exact) mass is 277 g/mol. The van der Waals surface area contributed by atoms with Gasteiger partial charge in [0.15, 0.2) is 0 Å². The molecular weight excluding hydrogens is 253 g/mol. The second kappa shape index (κ2) is 8.73. The number of aliphatic hydroxyl groups is 1. The van der Waals surface area contributed by atoms with Crippen LogP contribution in [0.3, 0.4) is 0 Å². The molecule has 0 aromatic heterocycles. The molecule has 1 aromatic carbocycles. The van der Waals surface area contributed by atoms with E-state index in [0.717, 1.165) is 25.1 Å². The molecule has 1 N–H and O–H groups in total. The third-order valence-electron chi connectivity index (χ3n) is 3.50. The summed E-state index contributed by atoms with van der Waals surface area (Å²) in [6, 6.07) is 5.61. The lowest BCUT2D eigenvalue weighted by molar-refractivity contribution is 0.206. The van der Waals surface area contributed by atoms with Crippen molar-refractivity contribution in [2.45, 2.75) is 46.2 Å². The van der Waals surface area contributed by atoms with Crippen LogP contribution in [0.25, 0.3) is 0 Å². The van der Waals surface area contributed by atoms with E-state index < -0.39 is 0 Å². The molecule has 0 radical (unpaired) electrons. The van der Waals surface area contributed by atoms with Gasteiger partial charge in [-0.15, -0.1) is 0 Å². The molecule has 20 heavy (non-hydrogen) atoms. The van der Waals surface area contributed by atoms with Gasteiger partial charge < -0.3 is 5.11 Å². The van der Waals surface area contributed by atoms with Gasteiger partial charge >= 0.3 is 0 Å². The SMILES string of the molecule is CCC(C)N(CC)Cc1ccc(F)c(C#CCCO)c1. The minimum absolute atomic E-state index is 0.00589. The number of aliphatic hydroxyl groups excluding tert-OH is 1. The Bertz CT molecular complexity index is 476. The van der Waals surface area contributed by atoms with Crippen molar-refractivity contribution in [1.29, 1.82) is 0 Å². The van der Waals surface area contributed by atoms with Crippen LogP contribution < -0.4 is 0 Å². The molecule has 0 amide bonds. The van der Waals surface area contributed by atoms with Crippen LogP contribution in [0.1, 0.15) is 44.7 Å². The van der Waals surface area contributed by atoms with E-state index in [0.29, 0.717) is 18.0 Å². The molecule has 0 bridgehead atoms. The average Bonchev–Trinajstić information content (AvgIpc) is 2.47. The van der Waals surface area contributed by atoms with E-state index in [1.807, 2.05) is 12.1 Å². The zero-order chi connectivity index (χ0) is 15.0. The summed E-state index contributed by atoms with van der Waals surface area (Å²) in [4.78, 5) is 2.36. The molecule has 110 valence electrons. The maximum absolute atomic E-state index is 13.7. The van der Waals surface area contributed by atoms with Crippen molar-refractivity contribution < 1.29 is 9.50 Å². The van der Waals surface area contributed by atoms with Gasteiger partial charge in [0, 0.05) is 19.0 Å². The molecule has 1 unspecified atom stereocenters. The molecule has 0 aliphatic rings. The highest BCUT2D eigenvalue weighted by Crippen LogP contribution is 2.14. The molecule has 0 heterocycles. The van der Waals surface area contributed by atoms with E-state index in [4.69, 9.17) is 5.11 Å². The van der Waals surface area contributed by atoms with Crippen molar-refractivity contribution in [3.05, 3.63) is 35.1 Å².